The summed E-state index contributed by atoms with van der Waals surface area (Å²) in [7, 11) is 1.55. The minimum atomic E-state index is -0.998. The molecular weight excluding hydrogens is 342 g/mol. The molecule has 3 aromatic rings. The topological polar surface area (TPSA) is 79.4 Å². The minimum Gasteiger partial charge on any atom is -0.497 e. The summed E-state index contributed by atoms with van der Waals surface area (Å²) >= 11 is 5.87. The van der Waals surface area contributed by atoms with Crippen LogP contribution in [0.5, 0.6) is 5.75 Å². The van der Waals surface area contributed by atoms with Crippen LogP contribution in [0.3, 0.4) is 0 Å². The number of aromatic amines is 1. The number of ketones is 1. The van der Waals surface area contributed by atoms with Crippen LogP contribution in [-0.4, -0.2) is 29.0 Å². The number of rotatable bonds is 5. The fourth-order valence-corrected chi connectivity index (χ4v) is 2.95. The molecule has 0 bridgehead atoms. The molecule has 0 aliphatic rings. The monoisotopic (exact) mass is 357 g/mol. The minimum absolute atomic E-state index is 0.264. The first kappa shape index (κ1) is 17.0. The van der Waals surface area contributed by atoms with E-state index in [1.165, 1.54) is 0 Å². The zero-order valence-electron chi connectivity index (χ0n) is 13.7. The van der Waals surface area contributed by atoms with Crippen LogP contribution in [0.25, 0.3) is 10.9 Å². The van der Waals surface area contributed by atoms with Crippen molar-refractivity contribution in [2.75, 3.05) is 7.11 Å². The van der Waals surface area contributed by atoms with Crippen molar-refractivity contribution >= 4 is 34.3 Å². The van der Waals surface area contributed by atoms with Crippen LogP contribution in [-0.2, 0) is 4.79 Å². The summed E-state index contributed by atoms with van der Waals surface area (Å²) in [5.74, 6) is -1.50. The van der Waals surface area contributed by atoms with E-state index in [1.54, 1.807) is 56.5 Å². The molecule has 1 atom stereocenters. The Morgan fingerprint density at radius 3 is 2.44 bits per heavy atom. The van der Waals surface area contributed by atoms with Crippen molar-refractivity contribution in [1.82, 2.24) is 4.98 Å². The van der Waals surface area contributed by atoms with E-state index < -0.39 is 11.9 Å². The summed E-state index contributed by atoms with van der Waals surface area (Å²) in [5, 5.41) is 10.7. The van der Waals surface area contributed by atoms with Gasteiger partial charge in [0.25, 0.3) is 0 Å². The van der Waals surface area contributed by atoms with Crippen LogP contribution in [0.2, 0.25) is 5.02 Å². The lowest BCUT2D eigenvalue weighted by Gasteiger charge is -2.09. The maximum Gasteiger partial charge on any atom is 0.310 e. The van der Waals surface area contributed by atoms with Crippen molar-refractivity contribution in [3.63, 3.8) is 0 Å². The van der Waals surface area contributed by atoms with Crippen LogP contribution in [0.1, 0.15) is 34.5 Å². The summed E-state index contributed by atoms with van der Waals surface area (Å²) in [4.78, 5) is 27.5. The number of nitrogens with one attached hydrogen (secondary N) is 1. The number of aliphatic carboxylic acids is 1. The predicted octanol–water partition coefficient (Wildman–Crippen LogP) is 4.25. The van der Waals surface area contributed by atoms with Gasteiger partial charge in [-0.05, 0) is 43.3 Å². The molecule has 6 heteroatoms. The van der Waals surface area contributed by atoms with Crippen molar-refractivity contribution in [1.29, 1.82) is 0 Å². The zero-order chi connectivity index (χ0) is 18.1. The summed E-state index contributed by atoms with van der Waals surface area (Å²) < 4.78 is 5.20. The van der Waals surface area contributed by atoms with Crippen molar-refractivity contribution in [2.24, 2.45) is 0 Å². The number of hydrogen-bond donors (Lipinski definition) is 2. The number of ether oxygens (including phenoxy) is 1. The highest BCUT2D eigenvalue weighted by Gasteiger charge is 2.26. The molecule has 1 heterocycles. The maximum absolute atomic E-state index is 12.9. The standard InChI is InChI=1S/C19H16ClNO4/c1-10(19(23)24)16-14-8-7-13(25-2)9-15(14)21-17(16)18(22)11-3-5-12(20)6-4-11/h3-10,21H,1-2H3,(H,23,24). The van der Waals surface area contributed by atoms with Gasteiger partial charge in [0.1, 0.15) is 5.75 Å². The van der Waals surface area contributed by atoms with E-state index >= 15 is 0 Å². The molecule has 0 saturated carbocycles. The van der Waals surface area contributed by atoms with Gasteiger partial charge in [-0.1, -0.05) is 11.6 Å². The first-order chi connectivity index (χ1) is 11.9. The van der Waals surface area contributed by atoms with Gasteiger partial charge in [0.15, 0.2) is 0 Å². The van der Waals surface area contributed by atoms with E-state index in [4.69, 9.17) is 16.3 Å². The lowest BCUT2D eigenvalue weighted by atomic mass is 9.94. The lowest BCUT2D eigenvalue weighted by molar-refractivity contribution is -0.138. The molecule has 128 valence electrons. The van der Waals surface area contributed by atoms with Gasteiger partial charge in [-0.25, -0.2) is 0 Å². The number of carboxylic acid groups (broad SMARTS) is 1. The van der Waals surface area contributed by atoms with Crippen molar-refractivity contribution in [2.45, 2.75) is 12.8 Å². The average Bonchev–Trinajstić information content (AvgIpc) is 2.99. The Kier molecular flexibility index (Phi) is 4.51. The van der Waals surface area contributed by atoms with Crippen LogP contribution in [0.4, 0.5) is 0 Å². The third kappa shape index (κ3) is 3.10. The normalized spacial score (nSPS) is 12.1. The Morgan fingerprint density at radius 2 is 1.84 bits per heavy atom. The Hall–Kier alpha value is -2.79. The molecule has 1 unspecified atom stereocenters. The summed E-state index contributed by atoms with van der Waals surface area (Å²) in [5.41, 5.74) is 1.81. The Bertz CT molecular complexity index is 959. The van der Waals surface area contributed by atoms with E-state index in [2.05, 4.69) is 4.98 Å². The molecule has 3 rings (SSSR count). The number of carbonyl (C=O) groups excluding carboxylic acids is 1. The van der Waals surface area contributed by atoms with Gasteiger partial charge < -0.3 is 14.8 Å². The van der Waals surface area contributed by atoms with Crippen molar-refractivity contribution in [3.8, 4) is 5.75 Å². The van der Waals surface area contributed by atoms with Gasteiger partial charge >= 0.3 is 5.97 Å². The number of aromatic nitrogens is 1. The van der Waals surface area contributed by atoms with Gasteiger partial charge in [-0.3, -0.25) is 9.59 Å². The Balaban J connectivity index is 2.21. The number of methoxy groups -OCH3 is 1. The first-order valence-corrected chi connectivity index (χ1v) is 8.03. The fourth-order valence-electron chi connectivity index (χ4n) is 2.82. The molecule has 0 radical (unpaired) electrons. The van der Waals surface area contributed by atoms with Gasteiger partial charge in [0.2, 0.25) is 5.78 Å². The summed E-state index contributed by atoms with van der Waals surface area (Å²) in [6.07, 6.45) is 0. The van der Waals surface area contributed by atoms with Gasteiger partial charge in [-0.15, -0.1) is 0 Å². The predicted molar refractivity (Wildman–Crippen MR) is 95.8 cm³/mol. The van der Waals surface area contributed by atoms with E-state index in [0.29, 0.717) is 32.8 Å². The largest absolute Gasteiger partial charge is 0.497 e. The fraction of sp³-hybridized carbons (Fsp3) is 0.158. The number of H-pyrrole nitrogens is 1. The van der Waals surface area contributed by atoms with E-state index in [-0.39, 0.29) is 11.5 Å². The Labute approximate surface area is 149 Å². The molecule has 5 nitrogen and oxygen atoms in total. The van der Waals surface area contributed by atoms with Crippen LogP contribution >= 0.6 is 11.6 Å². The van der Waals surface area contributed by atoms with Crippen molar-refractivity contribution < 1.29 is 19.4 Å². The zero-order valence-corrected chi connectivity index (χ0v) is 14.4. The number of carbonyl (C=O) groups is 2. The molecule has 25 heavy (non-hydrogen) atoms. The maximum atomic E-state index is 12.9. The Morgan fingerprint density at radius 1 is 1.16 bits per heavy atom. The van der Waals surface area contributed by atoms with Crippen LogP contribution in [0, 0.1) is 0 Å². The van der Waals surface area contributed by atoms with E-state index in [1.807, 2.05) is 0 Å². The number of halogens is 1. The second kappa shape index (κ2) is 6.61. The van der Waals surface area contributed by atoms with Crippen LogP contribution in [0.15, 0.2) is 42.5 Å². The summed E-state index contributed by atoms with van der Waals surface area (Å²) in [6.45, 7) is 1.56. The number of hydrogen-bond acceptors (Lipinski definition) is 3. The molecule has 0 aliphatic carbocycles. The lowest BCUT2D eigenvalue weighted by Crippen LogP contribution is -2.12. The van der Waals surface area contributed by atoms with Crippen LogP contribution < -0.4 is 4.74 Å². The quantitative estimate of drug-likeness (QED) is 0.669. The summed E-state index contributed by atoms with van der Waals surface area (Å²) in [6, 6.07) is 11.7. The van der Waals surface area contributed by atoms with Gasteiger partial charge in [0, 0.05) is 33.1 Å². The number of carboxylic acids is 1. The third-order valence-corrected chi connectivity index (χ3v) is 4.43. The highest BCUT2D eigenvalue weighted by Crippen LogP contribution is 2.33. The molecule has 2 aromatic carbocycles. The second-order valence-electron chi connectivity index (χ2n) is 5.72. The number of benzene rings is 2. The smallest absolute Gasteiger partial charge is 0.310 e. The molecule has 0 saturated heterocycles. The molecule has 0 amide bonds. The van der Waals surface area contributed by atoms with Gasteiger partial charge in [0.05, 0.1) is 18.7 Å². The third-order valence-electron chi connectivity index (χ3n) is 4.18. The van der Waals surface area contributed by atoms with E-state index in [0.717, 1.165) is 0 Å². The molecular formula is C19H16ClNO4. The molecule has 0 fully saturated rings. The average molecular weight is 358 g/mol. The molecule has 1 aromatic heterocycles. The van der Waals surface area contributed by atoms with E-state index in [9.17, 15) is 14.7 Å². The molecule has 0 aliphatic heterocycles. The first-order valence-electron chi connectivity index (χ1n) is 7.65. The van der Waals surface area contributed by atoms with Crippen molar-refractivity contribution in [3.05, 3.63) is 64.3 Å². The highest BCUT2D eigenvalue weighted by molar-refractivity contribution is 6.30. The highest BCUT2D eigenvalue weighted by atomic mass is 35.5. The SMILES string of the molecule is COc1ccc2c(C(C)C(=O)O)c(C(=O)c3ccc(Cl)cc3)[nH]c2c1. The molecule has 0 spiro atoms. The molecule has 2 N–H and O–H groups in total. The number of fused-ring (bicyclic) bond motifs is 1. The van der Waals surface area contributed by atoms with Gasteiger partial charge in [-0.2, -0.15) is 0 Å². The second-order valence-corrected chi connectivity index (χ2v) is 6.16.